The van der Waals surface area contributed by atoms with Crippen LogP contribution < -0.4 is 0 Å². The molecule has 14 heavy (non-hydrogen) atoms. The van der Waals surface area contributed by atoms with Crippen LogP contribution in [0.1, 0.15) is 5.56 Å². The zero-order chi connectivity index (χ0) is 10.1. The molecule has 0 bridgehead atoms. The van der Waals surface area contributed by atoms with E-state index in [0.717, 1.165) is 14.7 Å². The van der Waals surface area contributed by atoms with Crippen LogP contribution in [0, 0.1) is 17.1 Å². The van der Waals surface area contributed by atoms with Crippen LogP contribution in [0.2, 0.25) is 0 Å². The molecule has 0 saturated carbocycles. The summed E-state index contributed by atoms with van der Waals surface area (Å²) < 4.78 is 14.8. The van der Waals surface area contributed by atoms with Crippen molar-refractivity contribution in [1.82, 2.24) is 0 Å². The Balaban J connectivity index is 2.69. The predicted octanol–water partition coefficient (Wildman–Crippen LogP) is 3.87. The second kappa shape index (κ2) is 3.68. The van der Waals surface area contributed by atoms with Gasteiger partial charge in [0.1, 0.15) is 5.82 Å². The number of halogens is 2. The van der Waals surface area contributed by atoms with E-state index in [1.807, 2.05) is 6.07 Å². The van der Waals surface area contributed by atoms with E-state index >= 15 is 0 Å². The zero-order valence-electron chi connectivity index (χ0n) is 7.05. The second-order valence-corrected chi connectivity index (χ2v) is 4.63. The summed E-state index contributed by atoms with van der Waals surface area (Å²) in [4.78, 5) is 0. The molecule has 1 nitrogen and oxygen atoms in total. The average Bonchev–Trinajstić information content (AvgIpc) is 2.48. The van der Waals surface area contributed by atoms with E-state index in [0.29, 0.717) is 11.8 Å². The Hall–Kier alpha value is -0.920. The first-order valence-electron chi connectivity index (χ1n) is 3.94. The summed E-state index contributed by atoms with van der Waals surface area (Å²) in [6.07, 6.45) is 0.355. The van der Waals surface area contributed by atoms with Crippen molar-refractivity contribution in [2.45, 2.75) is 6.42 Å². The van der Waals surface area contributed by atoms with Crippen molar-refractivity contribution in [1.29, 1.82) is 5.26 Å². The van der Waals surface area contributed by atoms with Crippen molar-refractivity contribution in [3.8, 4) is 6.07 Å². The van der Waals surface area contributed by atoms with Crippen molar-refractivity contribution < 1.29 is 4.39 Å². The lowest BCUT2D eigenvalue weighted by atomic mass is 10.1. The summed E-state index contributed by atoms with van der Waals surface area (Å²) in [6.45, 7) is 0. The van der Waals surface area contributed by atoms with Gasteiger partial charge in [-0.25, -0.2) is 4.39 Å². The van der Waals surface area contributed by atoms with E-state index in [-0.39, 0.29) is 5.82 Å². The number of nitrogens with zero attached hydrogens (tertiary/aromatic N) is 1. The molecule has 2 aromatic rings. The first-order chi connectivity index (χ1) is 6.72. The molecular weight excluding hydrogens is 265 g/mol. The maximum absolute atomic E-state index is 13.2. The Morgan fingerprint density at radius 1 is 1.50 bits per heavy atom. The van der Waals surface area contributed by atoms with Gasteiger partial charge in [0, 0.05) is 19.9 Å². The van der Waals surface area contributed by atoms with Crippen LogP contribution in [0.3, 0.4) is 0 Å². The van der Waals surface area contributed by atoms with Gasteiger partial charge >= 0.3 is 0 Å². The van der Waals surface area contributed by atoms with Crippen LogP contribution >= 0.6 is 27.3 Å². The van der Waals surface area contributed by atoms with Gasteiger partial charge in [0.25, 0.3) is 0 Å². The highest BCUT2D eigenvalue weighted by atomic mass is 79.9. The van der Waals surface area contributed by atoms with Crippen LogP contribution in [-0.2, 0) is 6.42 Å². The van der Waals surface area contributed by atoms with Crippen LogP contribution in [0.4, 0.5) is 4.39 Å². The third-order valence-corrected chi connectivity index (χ3v) is 3.45. The minimum Gasteiger partial charge on any atom is -0.205 e. The number of benzene rings is 1. The first-order valence-corrected chi connectivity index (χ1v) is 5.61. The third kappa shape index (κ3) is 1.54. The number of hydrogen-bond donors (Lipinski definition) is 0. The van der Waals surface area contributed by atoms with Crippen molar-refractivity contribution in [2.24, 2.45) is 0 Å². The van der Waals surface area contributed by atoms with Crippen LogP contribution in [0.15, 0.2) is 22.0 Å². The lowest BCUT2D eigenvalue weighted by molar-refractivity contribution is 0.644. The van der Waals surface area contributed by atoms with Crippen molar-refractivity contribution in [2.75, 3.05) is 0 Å². The fourth-order valence-electron chi connectivity index (χ4n) is 1.33. The van der Waals surface area contributed by atoms with E-state index < -0.39 is 0 Å². The lowest BCUT2D eigenvalue weighted by Gasteiger charge is -1.98. The maximum atomic E-state index is 13.2. The Kier molecular flexibility index (Phi) is 2.53. The number of fused-ring (bicyclic) bond motifs is 1. The van der Waals surface area contributed by atoms with E-state index in [1.165, 1.54) is 16.7 Å². The molecule has 1 aromatic heterocycles. The van der Waals surface area contributed by atoms with Crippen LogP contribution in [0.25, 0.3) is 10.1 Å². The van der Waals surface area contributed by atoms with E-state index in [1.54, 1.807) is 6.07 Å². The molecule has 0 fully saturated rings. The lowest BCUT2D eigenvalue weighted by Crippen LogP contribution is -1.82. The fourth-order valence-corrected chi connectivity index (χ4v) is 3.05. The molecule has 0 atom stereocenters. The van der Waals surface area contributed by atoms with Crippen LogP contribution in [0.5, 0.6) is 0 Å². The summed E-state index contributed by atoms with van der Waals surface area (Å²) in [5, 5.41) is 10.6. The average molecular weight is 270 g/mol. The molecule has 0 aliphatic rings. The molecule has 0 amide bonds. The van der Waals surface area contributed by atoms with Crippen molar-refractivity contribution in [3.63, 3.8) is 0 Å². The number of hydrogen-bond acceptors (Lipinski definition) is 2. The van der Waals surface area contributed by atoms with Gasteiger partial charge in [0.05, 0.1) is 12.5 Å². The van der Waals surface area contributed by atoms with Gasteiger partial charge in [-0.05, 0) is 17.7 Å². The Morgan fingerprint density at radius 3 is 3.00 bits per heavy atom. The molecule has 0 aliphatic heterocycles. The standard InChI is InChI=1S/C10H5BrFNS/c11-7-3-6(1-2-13)4-9-10(7)8(12)5-14-9/h3-5H,1H2. The zero-order valence-corrected chi connectivity index (χ0v) is 9.45. The van der Waals surface area contributed by atoms with E-state index in [9.17, 15) is 4.39 Å². The Bertz CT molecular complexity index is 527. The molecule has 0 unspecified atom stereocenters. The Labute approximate surface area is 92.9 Å². The number of nitriles is 1. The predicted molar refractivity (Wildman–Crippen MR) is 58.8 cm³/mol. The van der Waals surface area contributed by atoms with Gasteiger partial charge in [-0.2, -0.15) is 5.26 Å². The topological polar surface area (TPSA) is 23.8 Å². The molecule has 1 heterocycles. The molecule has 0 aliphatic carbocycles. The molecular formula is C10H5BrFNS. The molecule has 4 heteroatoms. The summed E-state index contributed by atoms with van der Waals surface area (Å²) in [7, 11) is 0. The Morgan fingerprint density at radius 2 is 2.29 bits per heavy atom. The largest absolute Gasteiger partial charge is 0.205 e. The highest BCUT2D eigenvalue weighted by Crippen LogP contribution is 2.32. The minimum atomic E-state index is -0.208. The van der Waals surface area contributed by atoms with Crippen molar-refractivity contribution in [3.05, 3.63) is 33.4 Å². The molecule has 0 N–H and O–H groups in total. The first kappa shape index (κ1) is 9.63. The van der Waals surface area contributed by atoms with Gasteiger partial charge < -0.3 is 0 Å². The van der Waals surface area contributed by atoms with Gasteiger partial charge in [-0.1, -0.05) is 15.9 Å². The molecule has 0 spiro atoms. The quantitative estimate of drug-likeness (QED) is 0.771. The number of rotatable bonds is 1. The van der Waals surface area contributed by atoms with Gasteiger partial charge in [-0.3, -0.25) is 0 Å². The van der Waals surface area contributed by atoms with Crippen molar-refractivity contribution >= 4 is 37.4 Å². The maximum Gasteiger partial charge on any atom is 0.142 e. The fraction of sp³-hybridized carbons (Fsp3) is 0.100. The molecule has 0 saturated heterocycles. The summed E-state index contributed by atoms with van der Waals surface area (Å²) in [5.41, 5.74) is 0.911. The van der Waals surface area contributed by atoms with E-state index in [2.05, 4.69) is 22.0 Å². The van der Waals surface area contributed by atoms with Gasteiger partial charge in [0.15, 0.2) is 0 Å². The monoisotopic (exact) mass is 269 g/mol. The minimum absolute atomic E-state index is 0.208. The molecule has 1 aromatic carbocycles. The normalized spacial score (nSPS) is 10.4. The smallest absolute Gasteiger partial charge is 0.142 e. The molecule has 2 rings (SSSR count). The van der Waals surface area contributed by atoms with Gasteiger partial charge in [-0.15, -0.1) is 11.3 Å². The summed E-state index contributed by atoms with van der Waals surface area (Å²) in [6, 6.07) is 5.72. The highest BCUT2D eigenvalue weighted by molar-refractivity contribution is 9.10. The SMILES string of the molecule is N#CCc1cc(Br)c2c(F)csc2c1. The number of thiophene rings is 1. The van der Waals surface area contributed by atoms with E-state index in [4.69, 9.17) is 5.26 Å². The highest BCUT2D eigenvalue weighted by Gasteiger charge is 2.08. The molecule has 0 radical (unpaired) electrons. The van der Waals surface area contributed by atoms with Gasteiger partial charge in [0.2, 0.25) is 0 Å². The summed E-state index contributed by atoms with van der Waals surface area (Å²) >= 11 is 4.66. The third-order valence-electron chi connectivity index (χ3n) is 1.93. The van der Waals surface area contributed by atoms with Crippen LogP contribution in [-0.4, -0.2) is 0 Å². The second-order valence-electron chi connectivity index (χ2n) is 2.87. The summed E-state index contributed by atoms with van der Waals surface area (Å²) in [5.74, 6) is -0.208. The molecule has 70 valence electrons.